The van der Waals surface area contributed by atoms with E-state index < -0.39 is 5.84 Å². The summed E-state index contributed by atoms with van der Waals surface area (Å²) in [6.07, 6.45) is 0. The summed E-state index contributed by atoms with van der Waals surface area (Å²) in [5.74, 6) is -0.537. The van der Waals surface area contributed by atoms with E-state index in [1.165, 1.54) is 0 Å². The van der Waals surface area contributed by atoms with Gasteiger partial charge in [0.15, 0.2) is 5.84 Å². The largest absolute Gasteiger partial charge is 0.382 e. The van der Waals surface area contributed by atoms with Gasteiger partial charge in [-0.25, -0.2) is 0 Å². The third-order valence-corrected chi connectivity index (χ3v) is 3.23. The van der Waals surface area contributed by atoms with Crippen molar-refractivity contribution in [2.24, 2.45) is 10.8 Å². The predicted molar refractivity (Wildman–Crippen MR) is 93.9 cm³/mol. The molecular weight excluding hydrogens is 304 g/mol. The number of anilines is 1. The molecule has 2 rings (SSSR count). The number of nitriles is 1. The van der Waals surface area contributed by atoms with E-state index in [1.54, 1.807) is 31.3 Å². The van der Waals surface area contributed by atoms with Crippen LogP contribution in [-0.4, -0.2) is 24.5 Å². The van der Waals surface area contributed by atoms with Gasteiger partial charge < -0.3 is 11.1 Å². The van der Waals surface area contributed by atoms with Gasteiger partial charge in [0.2, 0.25) is 5.71 Å². The van der Waals surface area contributed by atoms with Gasteiger partial charge >= 0.3 is 0 Å². The maximum atomic E-state index is 11.7. The quantitative estimate of drug-likeness (QED) is 0.381. The second-order valence-corrected chi connectivity index (χ2v) is 4.83. The van der Waals surface area contributed by atoms with Gasteiger partial charge in [0.25, 0.3) is 5.91 Å². The first-order valence-electron chi connectivity index (χ1n) is 7.06. The Morgan fingerprint density at radius 3 is 2.50 bits per heavy atom. The summed E-state index contributed by atoms with van der Waals surface area (Å²) in [6.45, 7) is 0. The number of hydrazone groups is 1. The zero-order chi connectivity index (χ0) is 17.5. The molecule has 7 nitrogen and oxygen atoms in total. The highest BCUT2D eigenvalue weighted by molar-refractivity contribution is 6.45. The highest BCUT2D eigenvalue weighted by Gasteiger charge is 2.05. The molecule has 0 spiro atoms. The summed E-state index contributed by atoms with van der Waals surface area (Å²) in [6, 6.07) is 16.3. The second-order valence-electron chi connectivity index (χ2n) is 4.83. The fourth-order valence-electron chi connectivity index (χ4n) is 1.99. The molecule has 7 heteroatoms. The fraction of sp³-hybridized carbons (Fsp3) is 0.0588. The number of carbonyl (C=O) groups is 1. The van der Waals surface area contributed by atoms with E-state index in [9.17, 15) is 4.79 Å². The van der Waals surface area contributed by atoms with E-state index in [4.69, 9.17) is 16.4 Å². The van der Waals surface area contributed by atoms with Crippen molar-refractivity contribution in [1.29, 1.82) is 10.7 Å². The first kappa shape index (κ1) is 16.7. The monoisotopic (exact) mass is 320 g/mol. The number of hydrogen-bond donors (Lipinski definition) is 4. The van der Waals surface area contributed by atoms with Crippen molar-refractivity contribution in [3.8, 4) is 17.2 Å². The number of rotatable bonds is 5. The fourth-order valence-corrected chi connectivity index (χ4v) is 1.99. The first-order chi connectivity index (χ1) is 11.5. The SMILES string of the molecule is CNC(=O)c1cccc(-c2ccc(N/N=C(\C#N)C(=N)N)cc2)c1. The van der Waals surface area contributed by atoms with E-state index in [-0.39, 0.29) is 11.6 Å². The van der Waals surface area contributed by atoms with Gasteiger partial charge in [-0.2, -0.15) is 10.4 Å². The maximum absolute atomic E-state index is 11.7. The van der Waals surface area contributed by atoms with E-state index in [0.717, 1.165) is 11.1 Å². The molecule has 0 heterocycles. The Hall–Kier alpha value is -3.66. The lowest BCUT2D eigenvalue weighted by Gasteiger charge is -2.06. The Morgan fingerprint density at radius 2 is 1.92 bits per heavy atom. The molecule has 0 fully saturated rings. The molecule has 0 saturated heterocycles. The van der Waals surface area contributed by atoms with Crippen LogP contribution in [0.15, 0.2) is 53.6 Å². The molecule has 5 N–H and O–H groups in total. The third-order valence-electron chi connectivity index (χ3n) is 3.23. The van der Waals surface area contributed by atoms with Crippen molar-refractivity contribution in [1.82, 2.24) is 5.32 Å². The summed E-state index contributed by atoms with van der Waals surface area (Å²) in [5, 5.41) is 22.3. The summed E-state index contributed by atoms with van der Waals surface area (Å²) < 4.78 is 0. The van der Waals surface area contributed by atoms with Gasteiger partial charge in [0, 0.05) is 12.6 Å². The van der Waals surface area contributed by atoms with E-state index in [1.807, 2.05) is 30.3 Å². The summed E-state index contributed by atoms with van der Waals surface area (Å²) in [7, 11) is 1.59. The Kier molecular flexibility index (Phi) is 5.26. The van der Waals surface area contributed by atoms with Gasteiger partial charge in [0.05, 0.1) is 5.69 Å². The standard InChI is InChI=1S/C17H16N6O/c1-21-17(24)13-4-2-3-12(9-13)11-5-7-14(8-6-11)22-23-15(10-18)16(19)20/h2-9,22H,1H3,(H3,19,20)(H,21,24)/b23-15+. The average molecular weight is 320 g/mol. The van der Waals surface area contributed by atoms with Gasteiger partial charge in [0.1, 0.15) is 6.07 Å². The van der Waals surface area contributed by atoms with Crippen LogP contribution in [0.3, 0.4) is 0 Å². The van der Waals surface area contributed by atoms with Crippen molar-refractivity contribution in [3.63, 3.8) is 0 Å². The number of hydrogen-bond acceptors (Lipinski definition) is 5. The lowest BCUT2D eigenvalue weighted by atomic mass is 10.0. The molecule has 0 bridgehead atoms. The summed E-state index contributed by atoms with van der Waals surface area (Å²) in [4.78, 5) is 11.7. The third kappa shape index (κ3) is 3.96. The van der Waals surface area contributed by atoms with Crippen LogP contribution >= 0.6 is 0 Å². The van der Waals surface area contributed by atoms with Crippen LogP contribution in [-0.2, 0) is 0 Å². The molecule has 0 aliphatic carbocycles. The first-order valence-corrected chi connectivity index (χ1v) is 7.06. The number of nitrogens with one attached hydrogen (secondary N) is 3. The number of amidine groups is 1. The average Bonchev–Trinajstić information content (AvgIpc) is 2.62. The number of carbonyl (C=O) groups excluding carboxylic acids is 1. The molecule has 0 unspecified atom stereocenters. The van der Waals surface area contributed by atoms with Crippen LogP contribution in [0.1, 0.15) is 10.4 Å². The molecule has 24 heavy (non-hydrogen) atoms. The van der Waals surface area contributed by atoms with E-state index in [0.29, 0.717) is 11.3 Å². The number of benzene rings is 2. The highest BCUT2D eigenvalue weighted by atomic mass is 16.1. The molecule has 0 aromatic heterocycles. The highest BCUT2D eigenvalue weighted by Crippen LogP contribution is 2.22. The van der Waals surface area contributed by atoms with Crippen LogP contribution in [0.4, 0.5) is 5.69 Å². The van der Waals surface area contributed by atoms with Crippen LogP contribution in [0.5, 0.6) is 0 Å². The van der Waals surface area contributed by atoms with E-state index >= 15 is 0 Å². The van der Waals surface area contributed by atoms with E-state index in [2.05, 4.69) is 15.8 Å². The molecule has 120 valence electrons. The molecular formula is C17H16N6O. The van der Waals surface area contributed by atoms with Crippen LogP contribution in [0.25, 0.3) is 11.1 Å². The Bertz CT molecular complexity index is 833. The van der Waals surface area contributed by atoms with Crippen molar-refractivity contribution in [3.05, 3.63) is 54.1 Å². The molecule has 2 aromatic carbocycles. The zero-order valence-electron chi connectivity index (χ0n) is 13.0. The number of amides is 1. The summed E-state index contributed by atoms with van der Waals surface area (Å²) in [5.41, 5.74) is 10.8. The summed E-state index contributed by atoms with van der Waals surface area (Å²) >= 11 is 0. The molecule has 2 aromatic rings. The minimum absolute atomic E-state index is 0.141. The van der Waals surface area contributed by atoms with Gasteiger partial charge in [-0.3, -0.25) is 15.6 Å². The molecule has 0 radical (unpaired) electrons. The Balaban J connectivity index is 2.20. The smallest absolute Gasteiger partial charge is 0.251 e. The molecule has 0 aliphatic rings. The zero-order valence-corrected chi connectivity index (χ0v) is 13.0. The molecule has 0 aliphatic heterocycles. The van der Waals surface area contributed by atoms with Gasteiger partial charge in [-0.05, 0) is 35.4 Å². The van der Waals surface area contributed by atoms with Gasteiger partial charge in [-0.15, -0.1) is 0 Å². The normalized spacial score (nSPS) is 10.6. The number of nitrogens with zero attached hydrogens (tertiary/aromatic N) is 2. The van der Waals surface area contributed by atoms with Crippen molar-refractivity contribution in [2.75, 3.05) is 12.5 Å². The van der Waals surface area contributed by atoms with Crippen molar-refractivity contribution < 1.29 is 4.79 Å². The molecule has 0 atom stereocenters. The Morgan fingerprint density at radius 1 is 1.21 bits per heavy atom. The lowest BCUT2D eigenvalue weighted by molar-refractivity contribution is 0.0963. The lowest BCUT2D eigenvalue weighted by Crippen LogP contribution is -2.21. The molecule has 0 saturated carbocycles. The van der Waals surface area contributed by atoms with Gasteiger partial charge in [-0.1, -0.05) is 24.3 Å². The van der Waals surface area contributed by atoms with Crippen molar-refractivity contribution >= 4 is 23.1 Å². The van der Waals surface area contributed by atoms with Crippen LogP contribution in [0.2, 0.25) is 0 Å². The van der Waals surface area contributed by atoms with Crippen LogP contribution in [0, 0.1) is 16.7 Å². The maximum Gasteiger partial charge on any atom is 0.251 e. The van der Waals surface area contributed by atoms with Crippen LogP contribution < -0.4 is 16.5 Å². The number of nitrogens with two attached hydrogens (primary N) is 1. The minimum atomic E-state index is -0.396. The molecule has 1 amide bonds. The second kappa shape index (κ2) is 7.56. The Labute approximate surface area is 139 Å². The topological polar surface area (TPSA) is 127 Å². The van der Waals surface area contributed by atoms with Crippen molar-refractivity contribution in [2.45, 2.75) is 0 Å². The minimum Gasteiger partial charge on any atom is -0.382 e. The predicted octanol–water partition coefficient (Wildman–Crippen LogP) is 1.94.